The van der Waals surface area contributed by atoms with Gasteiger partial charge in [-0.3, -0.25) is 9.69 Å². The third-order valence-corrected chi connectivity index (χ3v) is 6.68. The number of methoxy groups -OCH3 is 1. The highest BCUT2D eigenvalue weighted by atomic mass is 35.5. The Morgan fingerprint density at radius 3 is 2.52 bits per heavy atom. The number of fused-ring (bicyclic) bond motifs is 4. The SMILES string of the molecule is COc1ccc(NC(=O)[C@@H]2[C@@H]3NC(=S)N(c4ccc(Cl)cc4)[C@@]2(C)Oc2ccccc23)cc1. The first-order valence-electron chi connectivity index (χ1n) is 10.5. The van der Waals surface area contributed by atoms with Gasteiger partial charge in [0, 0.05) is 22.0 Å². The molecule has 1 amide bonds. The minimum atomic E-state index is -1.08. The maximum atomic E-state index is 13.7. The first-order chi connectivity index (χ1) is 15.9. The third kappa shape index (κ3) is 3.67. The van der Waals surface area contributed by atoms with Gasteiger partial charge in [0.05, 0.1) is 13.2 Å². The van der Waals surface area contributed by atoms with E-state index in [0.29, 0.717) is 27.3 Å². The summed E-state index contributed by atoms with van der Waals surface area (Å²) in [5.74, 6) is 0.633. The molecule has 0 aliphatic carbocycles. The average Bonchev–Trinajstić information content (AvgIpc) is 2.80. The highest BCUT2D eigenvalue weighted by Gasteiger charge is 2.59. The van der Waals surface area contributed by atoms with Crippen molar-refractivity contribution in [3.63, 3.8) is 0 Å². The van der Waals surface area contributed by atoms with Gasteiger partial charge in [0.1, 0.15) is 17.4 Å². The van der Waals surface area contributed by atoms with Crippen molar-refractivity contribution < 1.29 is 14.3 Å². The lowest BCUT2D eigenvalue weighted by molar-refractivity contribution is -0.130. The average molecular weight is 480 g/mol. The van der Waals surface area contributed by atoms with Crippen LogP contribution in [-0.4, -0.2) is 23.9 Å². The molecule has 0 spiro atoms. The van der Waals surface area contributed by atoms with E-state index in [1.807, 2.05) is 60.4 Å². The monoisotopic (exact) mass is 479 g/mol. The van der Waals surface area contributed by atoms with Crippen LogP contribution in [0.3, 0.4) is 0 Å². The highest BCUT2D eigenvalue weighted by Crippen LogP contribution is 2.49. The van der Waals surface area contributed by atoms with Gasteiger partial charge in [-0.25, -0.2) is 0 Å². The highest BCUT2D eigenvalue weighted by molar-refractivity contribution is 7.80. The largest absolute Gasteiger partial charge is 0.497 e. The molecule has 3 aromatic rings. The molecule has 2 aliphatic rings. The zero-order valence-corrected chi connectivity index (χ0v) is 19.6. The van der Waals surface area contributed by atoms with Crippen molar-refractivity contribution in [3.8, 4) is 11.5 Å². The molecule has 168 valence electrons. The Balaban J connectivity index is 1.58. The number of nitrogens with zero attached hydrogens (tertiary/aromatic N) is 1. The normalized spacial score (nSPS) is 23.1. The second kappa shape index (κ2) is 8.24. The molecule has 0 saturated carbocycles. The molecule has 2 aliphatic heterocycles. The van der Waals surface area contributed by atoms with Crippen molar-refractivity contribution in [2.24, 2.45) is 5.92 Å². The number of benzene rings is 3. The van der Waals surface area contributed by atoms with Crippen molar-refractivity contribution >= 4 is 46.2 Å². The van der Waals surface area contributed by atoms with E-state index in [2.05, 4.69) is 10.6 Å². The number of halogens is 1. The predicted octanol–water partition coefficient (Wildman–Crippen LogP) is 5.15. The number of rotatable bonds is 4. The van der Waals surface area contributed by atoms with Crippen molar-refractivity contribution in [3.05, 3.63) is 83.4 Å². The van der Waals surface area contributed by atoms with Crippen LogP contribution < -0.4 is 25.0 Å². The second-order valence-corrected chi connectivity index (χ2v) is 8.95. The van der Waals surface area contributed by atoms with Crippen molar-refractivity contribution in [2.75, 3.05) is 17.3 Å². The number of carbonyl (C=O) groups excluding carboxylic acids is 1. The molecule has 2 bridgehead atoms. The van der Waals surface area contributed by atoms with Crippen LogP contribution in [0.4, 0.5) is 11.4 Å². The molecule has 1 fully saturated rings. The van der Waals surface area contributed by atoms with Gasteiger partial charge in [0.2, 0.25) is 5.91 Å². The molecular formula is C25H22ClN3O3S. The molecule has 3 atom stereocenters. The van der Waals surface area contributed by atoms with E-state index in [1.165, 1.54) is 0 Å². The summed E-state index contributed by atoms with van der Waals surface area (Å²) in [6.07, 6.45) is 0. The van der Waals surface area contributed by atoms with Crippen LogP contribution in [0.1, 0.15) is 18.5 Å². The van der Waals surface area contributed by atoms with Crippen LogP contribution in [-0.2, 0) is 4.79 Å². The molecule has 5 rings (SSSR count). The molecule has 6 nitrogen and oxygen atoms in total. The summed E-state index contributed by atoms with van der Waals surface area (Å²) >= 11 is 11.9. The number of carbonyl (C=O) groups is 1. The molecule has 0 aromatic heterocycles. The molecule has 1 saturated heterocycles. The predicted molar refractivity (Wildman–Crippen MR) is 133 cm³/mol. The van der Waals surface area contributed by atoms with Gasteiger partial charge < -0.3 is 20.1 Å². The molecule has 0 radical (unpaired) electrons. The van der Waals surface area contributed by atoms with Crippen LogP contribution in [0.2, 0.25) is 5.02 Å². The molecule has 2 heterocycles. The minimum Gasteiger partial charge on any atom is -0.497 e. The van der Waals surface area contributed by atoms with Gasteiger partial charge in [0.25, 0.3) is 0 Å². The lowest BCUT2D eigenvalue weighted by Crippen LogP contribution is -2.72. The standard InChI is InChI=1S/C25H22ClN3O3S/c1-25-21(23(30)27-16-9-13-18(31-2)14-10-16)22(19-5-3-4-6-20(19)32-25)28-24(33)29(25)17-11-7-15(26)8-12-17/h3-14,21-22H,1-2H3,(H,27,30)(H,28,33)/t21-,22+,25-/m0/s1. The summed E-state index contributed by atoms with van der Waals surface area (Å²) in [6.45, 7) is 1.90. The maximum absolute atomic E-state index is 13.7. The quantitative estimate of drug-likeness (QED) is 0.505. The number of ether oxygens (including phenoxy) is 2. The van der Waals surface area contributed by atoms with E-state index in [-0.39, 0.29) is 11.9 Å². The summed E-state index contributed by atoms with van der Waals surface area (Å²) in [5.41, 5.74) is 1.26. The second-order valence-electron chi connectivity index (χ2n) is 8.13. The van der Waals surface area contributed by atoms with Crippen LogP contribution >= 0.6 is 23.8 Å². The molecule has 8 heteroatoms. The van der Waals surface area contributed by atoms with Crippen LogP contribution in [0.5, 0.6) is 11.5 Å². The van der Waals surface area contributed by atoms with E-state index in [4.69, 9.17) is 33.3 Å². The summed E-state index contributed by atoms with van der Waals surface area (Å²) in [6, 6.07) is 21.9. The fourth-order valence-corrected chi connectivity index (χ4v) is 5.14. The fourth-order valence-electron chi connectivity index (χ4n) is 4.60. The molecule has 0 unspecified atom stereocenters. The van der Waals surface area contributed by atoms with Crippen LogP contribution in [0.15, 0.2) is 72.8 Å². The lowest BCUT2D eigenvalue weighted by Gasteiger charge is -2.56. The summed E-state index contributed by atoms with van der Waals surface area (Å²) in [5, 5.41) is 7.52. The van der Waals surface area contributed by atoms with E-state index in [9.17, 15) is 4.79 Å². The van der Waals surface area contributed by atoms with Crippen molar-refractivity contribution in [2.45, 2.75) is 18.7 Å². The van der Waals surface area contributed by atoms with Crippen LogP contribution in [0.25, 0.3) is 0 Å². The number of hydrogen-bond acceptors (Lipinski definition) is 4. The molecular weight excluding hydrogens is 458 g/mol. The zero-order chi connectivity index (χ0) is 23.2. The van der Waals surface area contributed by atoms with E-state index in [0.717, 1.165) is 11.3 Å². The van der Waals surface area contributed by atoms with Gasteiger partial charge in [-0.15, -0.1) is 0 Å². The molecule has 2 N–H and O–H groups in total. The molecule has 3 aromatic carbocycles. The van der Waals surface area contributed by atoms with Gasteiger partial charge in [-0.1, -0.05) is 29.8 Å². The Hall–Kier alpha value is -3.29. The zero-order valence-electron chi connectivity index (χ0n) is 18.0. The number of hydrogen-bond donors (Lipinski definition) is 2. The Bertz CT molecular complexity index is 1220. The number of amides is 1. The Kier molecular flexibility index (Phi) is 5.38. The summed E-state index contributed by atoms with van der Waals surface area (Å²) in [4.78, 5) is 15.6. The van der Waals surface area contributed by atoms with Crippen molar-refractivity contribution in [1.82, 2.24) is 5.32 Å². The summed E-state index contributed by atoms with van der Waals surface area (Å²) in [7, 11) is 1.60. The van der Waals surface area contributed by atoms with Gasteiger partial charge in [0.15, 0.2) is 10.8 Å². The number of anilines is 2. The number of para-hydroxylation sites is 1. The maximum Gasteiger partial charge on any atom is 0.236 e. The number of thiocarbonyl (C=S) groups is 1. The van der Waals surface area contributed by atoms with Gasteiger partial charge >= 0.3 is 0 Å². The minimum absolute atomic E-state index is 0.184. The topological polar surface area (TPSA) is 62.8 Å². The van der Waals surface area contributed by atoms with E-state index < -0.39 is 11.6 Å². The first-order valence-corrected chi connectivity index (χ1v) is 11.3. The Morgan fingerprint density at radius 1 is 1.12 bits per heavy atom. The summed E-state index contributed by atoms with van der Waals surface area (Å²) < 4.78 is 11.8. The number of nitrogens with one attached hydrogen (secondary N) is 2. The lowest BCUT2D eigenvalue weighted by atomic mass is 9.78. The smallest absolute Gasteiger partial charge is 0.236 e. The van der Waals surface area contributed by atoms with Crippen molar-refractivity contribution in [1.29, 1.82) is 0 Å². The van der Waals surface area contributed by atoms with Crippen LogP contribution in [0, 0.1) is 5.92 Å². The van der Waals surface area contributed by atoms with Gasteiger partial charge in [-0.05, 0) is 73.7 Å². The Labute approximate surface area is 202 Å². The van der Waals surface area contributed by atoms with E-state index in [1.54, 1.807) is 31.4 Å². The van der Waals surface area contributed by atoms with Gasteiger partial charge in [-0.2, -0.15) is 0 Å². The van der Waals surface area contributed by atoms with E-state index >= 15 is 0 Å². The molecule has 33 heavy (non-hydrogen) atoms. The first kappa shape index (κ1) is 21.6. The fraction of sp³-hybridized carbons (Fsp3) is 0.200. The third-order valence-electron chi connectivity index (χ3n) is 6.13. The Morgan fingerprint density at radius 2 is 1.82 bits per heavy atom.